The average molecular weight is 308 g/mol. The predicted molar refractivity (Wildman–Crippen MR) is 69.4 cm³/mol. The van der Waals surface area contributed by atoms with Crippen molar-refractivity contribution < 1.29 is 22.4 Å². The summed E-state index contributed by atoms with van der Waals surface area (Å²) in [5, 5.41) is 1.77. The minimum absolute atomic E-state index is 0.00622. The summed E-state index contributed by atoms with van der Waals surface area (Å²) in [6, 6.07) is 2.63. The molecule has 4 N–H and O–H groups in total. The van der Waals surface area contributed by atoms with E-state index in [1.165, 1.54) is 12.1 Å². The van der Waals surface area contributed by atoms with E-state index in [1.807, 2.05) is 13.8 Å². The number of nitrogens with zero attached hydrogens (tertiary/aromatic N) is 1. The van der Waals surface area contributed by atoms with Gasteiger partial charge in [-0.2, -0.15) is 8.78 Å². The molecule has 9 heteroatoms. The lowest BCUT2D eigenvalue weighted by Gasteiger charge is -2.16. The number of halogens is 4. The number of anilines is 1. The van der Waals surface area contributed by atoms with Crippen molar-refractivity contribution in [2.24, 2.45) is 5.84 Å². The molecule has 0 bridgehead atoms. The number of hydrogen-bond donors (Lipinski definition) is 3. The van der Waals surface area contributed by atoms with E-state index in [9.17, 15) is 22.4 Å². The zero-order valence-corrected chi connectivity index (χ0v) is 11.5. The molecule has 0 saturated heterocycles. The molecule has 0 aliphatic heterocycles. The maximum Gasteiger partial charge on any atom is 0.324 e. The summed E-state index contributed by atoms with van der Waals surface area (Å²) in [5.41, 5.74) is 2.77. The van der Waals surface area contributed by atoms with Crippen LogP contribution in [-0.2, 0) is 0 Å². The molecule has 5 nitrogen and oxygen atoms in total. The Balaban J connectivity index is 2.90. The highest BCUT2D eigenvalue weighted by Crippen LogP contribution is 2.22. The first kappa shape index (κ1) is 17.2. The van der Waals surface area contributed by atoms with Crippen LogP contribution in [0.1, 0.15) is 35.8 Å². The lowest BCUT2D eigenvalue weighted by atomic mass is 10.1. The molecule has 118 valence electrons. The maximum atomic E-state index is 12.8. The van der Waals surface area contributed by atoms with Gasteiger partial charge in [-0.05, 0) is 18.1 Å². The standard InChI is InChI=1S/C12H16F4N4O/c1-6(2)8-3-7(4-9(19-8)20-17)10(21)18-5-12(15,16)11(13)14/h3-4,6,11H,5,17H2,1-2H3,(H,18,21)(H,19,20). The lowest BCUT2D eigenvalue weighted by Crippen LogP contribution is -2.41. The van der Waals surface area contributed by atoms with Crippen molar-refractivity contribution in [3.63, 3.8) is 0 Å². The number of hydrazine groups is 1. The van der Waals surface area contributed by atoms with Gasteiger partial charge in [-0.15, -0.1) is 0 Å². The van der Waals surface area contributed by atoms with Crippen molar-refractivity contribution in [1.29, 1.82) is 0 Å². The van der Waals surface area contributed by atoms with E-state index in [0.29, 0.717) is 5.69 Å². The van der Waals surface area contributed by atoms with Crippen molar-refractivity contribution in [1.82, 2.24) is 10.3 Å². The second kappa shape index (κ2) is 6.70. The van der Waals surface area contributed by atoms with Crippen LogP contribution in [0, 0.1) is 0 Å². The zero-order valence-electron chi connectivity index (χ0n) is 11.5. The number of pyridine rings is 1. The van der Waals surface area contributed by atoms with Crippen LogP contribution >= 0.6 is 0 Å². The normalized spacial score (nSPS) is 11.9. The van der Waals surface area contributed by atoms with E-state index in [1.54, 1.807) is 5.32 Å². The average Bonchev–Trinajstić information content (AvgIpc) is 2.43. The maximum absolute atomic E-state index is 12.8. The summed E-state index contributed by atoms with van der Waals surface area (Å²) in [4.78, 5) is 15.9. The van der Waals surface area contributed by atoms with Crippen molar-refractivity contribution in [3.05, 3.63) is 23.4 Å². The van der Waals surface area contributed by atoms with Gasteiger partial charge in [-0.3, -0.25) is 4.79 Å². The number of nitrogen functional groups attached to an aromatic ring is 1. The molecular weight excluding hydrogens is 292 g/mol. The Kier molecular flexibility index (Phi) is 5.47. The van der Waals surface area contributed by atoms with Gasteiger partial charge in [0.15, 0.2) is 0 Å². The SMILES string of the molecule is CC(C)c1cc(C(=O)NCC(F)(F)C(F)F)cc(NN)n1. The Bertz CT molecular complexity index is 508. The van der Waals surface area contributed by atoms with Gasteiger partial charge >= 0.3 is 12.3 Å². The summed E-state index contributed by atoms with van der Waals surface area (Å²) in [6.07, 6.45) is -3.84. The quantitative estimate of drug-likeness (QED) is 0.427. The van der Waals surface area contributed by atoms with Crippen molar-refractivity contribution in [3.8, 4) is 0 Å². The number of amides is 1. The van der Waals surface area contributed by atoms with Gasteiger partial charge in [0.25, 0.3) is 5.91 Å². The number of rotatable bonds is 6. The van der Waals surface area contributed by atoms with E-state index in [0.717, 1.165) is 0 Å². The third-order valence-electron chi connectivity index (χ3n) is 2.65. The second-order valence-corrected chi connectivity index (χ2v) is 4.71. The van der Waals surface area contributed by atoms with Gasteiger partial charge in [0.05, 0.1) is 6.54 Å². The molecule has 21 heavy (non-hydrogen) atoms. The van der Waals surface area contributed by atoms with Crippen LogP contribution in [0.4, 0.5) is 23.4 Å². The largest absolute Gasteiger partial charge is 0.346 e. The van der Waals surface area contributed by atoms with E-state index in [-0.39, 0.29) is 17.3 Å². The van der Waals surface area contributed by atoms with Crippen LogP contribution in [0.3, 0.4) is 0 Å². The Morgan fingerprint density at radius 1 is 1.38 bits per heavy atom. The third-order valence-corrected chi connectivity index (χ3v) is 2.65. The number of nitrogens with two attached hydrogens (primary N) is 1. The first-order valence-corrected chi connectivity index (χ1v) is 6.10. The van der Waals surface area contributed by atoms with Crippen LogP contribution in [-0.4, -0.2) is 29.8 Å². The molecular formula is C12H16F4N4O. The highest BCUT2D eigenvalue weighted by molar-refractivity contribution is 5.95. The highest BCUT2D eigenvalue weighted by atomic mass is 19.3. The molecule has 0 atom stereocenters. The molecule has 1 aromatic rings. The van der Waals surface area contributed by atoms with Gasteiger partial charge in [-0.1, -0.05) is 13.8 Å². The number of nitrogens with one attached hydrogen (secondary N) is 2. The number of carbonyl (C=O) groups excluding carboxylic acids is 1. The molecule has 1 rings (SSSR count). The zero-order chi connectivity index (χ0) is 16.2. The van der Waals surface area contributed by atoms with Crippen LogP contribution < -0.4 is 16.6 Å². The Hall–Kier alpha value is -1.90. The van der Waals surface area contributed by atoms with Crippen molar-refractivity contribution in [2.75, 3.05) is 12.0 Å². The highest BCUT2D eigenvalue weighted by Gasteiger charge is 2.40. The summed E-state index contributed by atoms with van der Waals surface area (Å²) in [7, 11) is 0. The van der Waals surface area contributed by atoms with E-state index in [4.69, 9.17) is 5.84 Å². The molecule has 0 radical (unpaired) electrons. The molecule has 0 spiro atoms. The lowest BCUT2D eigenvalue weighted by molar-refractivity contribution is -0.123. The molecule has 1 aromatic heterocycles. The molecule has 0 saturated carbocycles. The monoisotopic (exact) mass is 308 g/mol. The summed E-state index contributed by atoms with van der Waals surface area (Å²) < 4.78 is 49.6. The van der Waals surface area contributed by atoms with Crippen LogP contribution in [0.5, 0.6) is 0 Å². The fourth-order valence-electron chi connectivity index (χ4n) is 1.43. The van der Waals surface area contributed by atoms with E-state index >= 15 is 0 Å². The Labute approximate surface area is 118 Å². The number of alkyl halides is 4. The summed E-state index contributed by atoms with van der Waals surface area (Å²) in [5.74, 6) is 0.160. The molecule has 1 amide bonds. The first-order chi connectivity index (χ1) is 9.67. The van der Waals surface area contributed by atoms with Gasteiger partial charge in [0.1, 0.15) is 5.82 Å². The van der Waals surface area contributed by atoms with E-state index < -0.39 is 24.8 Å². The number of aromatic nitrogens is 1. The summed E-state index contributed by atoms with van der Waals surface area (Å²) in [6.45, 7) is 2.18. The van der Waals surface area contributed by atoms with Gasteiger partial charge in [-0.25, -0.2) is 19.6 Å². The van der Waals surface area contributed by atoms with Crippen molar-refractivity contribution >= 4 is 11.7 Å². The fraction of sp³-hybridized carbons (Fsp3) is 0.500. The molecule has 0 aromatic carbocycles. The molecule has 0 aliphatic carbocycles. The summed E-state index contributed by atoms with van der Waals surface area (Å²) >= 11 is 0. The Morgan fingerprint density at radius 3 is 2.48 bits per heavy atom. The van der Waals surface area contributed by atoms with Gasteiger partial charge < -0.3 is 10.7 Å². The van der Waals surface area contributed by atoms with Crippen LogP contribution in [0.15, 0.2) is 12.1 Å². The van der Waals surface area contributed by atoms with Gasteiger partial charge in [0, 0.05) is 11.3 Å². The van der Waals surface area contributed by atoms with Crippen molar-refractivity contribution in [2.45, 2.75) is 32.1 Å². The Morgan fingerprint density at radius 2 is 2.00 bits per heavy atom. The molecule has 0 fully saturated rings. The smallest absolute Gasteiger partial charge is 0.324 e. The minimum Gasteiger partial charge on any atom is -0.346 e. The third kappa shape index (κ3) is 4.55. The number of hydrogen-bond acceptors (Lipinski definition) is 4. The van der Waals surface area contributed by atoms with Gasteiger partial charge in [0.2, 0.25) is 0 Å². The fourth-order valence-corrected chi connectivity index (χ4v) is 1.43. The van der Waals surface area contributed by atoms with Crippen LogP contribution in [0.2, 0.25) is 0 Å². The van der Waals surface area contributed by atoms with E-state index in [2.05, 4.69) is 10.4 Å². The predicted octanol–water partition coefficient (Wildman–Crippen LogP) is 2.12. The molecule has 0 unspecified atom stereocenters. The second-order valence-electron chi connectivity index (χ2n) is 4.71. The van der Waals surface area contributed by atoms with Crippen LogP contribution in [0.25, 0.3) is 0 Å². The molecule has 1 heterocycles. The first-order valence-electron chi connectivity index (χ1n) is 6.10. The molecule has 0 aliphatic rings. The topological polar surface area (TPSA) is 80.0 Å². The minimum atomic E-state index is -4.28. The number of carbonyl (C=O) groups is 1.